The number of aryl methyl sites for hydroxylation is 2. The topological polar surface area (TPSA) is 155 Å². The monoisotopic (exact) mass is 1000 g/mol. The third kappa shape index (κ3) is 8.69. The number of piperidine rings is 2. The molecule has 3 amide bonds. The predicted molar refractivity (Wildman–Crippen MR) is 283 cm³/mol. The molecule has 3 saturated heterocycles. The molecular formula is C57H66FN11O5. The van der Waals surface area contributed by atoms with Crippen molar-refractivity contribution in [3.05, 3.63) is 127 Å². The van der Waals surface area contributed by atoms with E-state index in [-0.39, 0.29) is 47.4 Å². The lowest BCUT2D eigenvalue weighted by Gasteiger charge is -2.42. The number of rotatable bonds is 11. The average Bonchev–Trinajstić information content (AvgIpc) is 3.89. The molecular weight excluding hydrogens is 938 g/mol. The molecule has 1 saturated carbocycles. The third-order valence-corrected chi connectivity index (χ3v) is 17.2. The van der Waals surface area contributed by atoms with Crippen molar-refractivity contribution in [1.29, 1.82) is 0 Å². The predicted octanol–water partition coefficient (Wildman–Crippen LogP) is 6.48. The number of pyridine rings is 2. The summed E-state index contributed by atoms with van der Waals surface area (Å²) < 4.78 is 23.5. The quantitative estimate of drug-likeness (QED) is 0.138. The van der Waals surface area contributed by atoms with Gasteiger partial charge in [0.1, 0.15) is 17.5 Å². The fourth-order valence-electron chi connectivity index (χ4n) is 12.9. The second-order valence-corrected chi connectivity index (χ2v) is 21.9. The minimum Gasteiger partial charge on any atom is -0.384 e. The number of carbonyl (C=O) groups is 3. The van der Waals surface area contributed by atoms with Gasteiger partial charge in [-0.2, -0.15) is 0 Å². The minimum atomic E-state index is -0.689. The number of hydrogen-bond acceptors (Lipinski definition) is 10. The summed E-state index contributed by atoms with van der Waals surface area (Å²) in [6.07, 6.45) is 11.4. The van der Waals surface area contributed by atoms with Crippen molar-refractivity contribution < 1.29 is 18.8 Å². The molecule has 16 nitrogen and oxygen atoms in total. The van der Waals surface area contributed by atoms with E-state index < -0.39 is 11.9 Å². The van der Waals surface area contributed by atoms with Gasteiger partial charge in [0.25, 0.3) is 11.5 Å². The number of carbonyl (C=O) groups excluding carboxylic acids is 3. The first kappa shape index (κ1) is 48.3. The maximum absolute atomic E-state index is 16.2. The largest absolute Gasteiger partial charge is 0.384 e. The van der Waals surface area contributed by atoms with Crippen molar-refractivity contribution in [2.45, 2.75) is 103 Å². The van der Waals surface area contributed by atoms with Gasteiger partial charge in [-0.3, -0.25) is 52.9 Å². The summed E-state index contributed by atoms with van der Waals surface area (Å²) >= 11 is 0. The highest BCUT2D eigenvalue weighted by molar-refractivity contribution is 6.00. The highest BCUT2D eigenvalue weighted by Crippen LogP contribution is 2.38. The zero-order valence-electron chi connectivity index (χ0n) is 42.9. The molecule has 0 spiro atoms. The van der Waals surface area contributed by atoms with Crippen LogP contribution in [0.2, 0.25) is 0 Å². The summed E-state index contributed by atoms with van der Waals surface area (Å²) in [4.78, 5) is 80.0. The standard InChI is InChI=1S/C57H66FN11O5/c1-34-27-40(29-44(58)52(34)39-15-22-64(23-16-39)36(3)49-30-43-46(12-19-60-53(43)62(49)4)67-24-17-45-42(56(67)73)11-18-59-45)55(72)65-20-13-37(14-21-65)33-66-26-25-63(31-35(66)2)32-38-5-8-47-50(28-38)68(41-6-7-41)57(74)69(47)48-9-10-51(70)61-54(48)71/h5,8,12,15,17,19,24,27-30,35-37,41,48,59H,6-7,9-11,13-14,16,18,20-23,25-26,31-33H2,1-4H3,(H,61,70,71)/t35-,36-,48-/m0/s1. The van der Waals surface area contributed by atoms with Gasteiger partial charge in [-0.1, -0.05) is 12.1 Å². The lowest BCUT2D eigenvalue weighted by molar-refractivity contribution is -0.135. The van der Waals surface area contributed by atoms with Crippen molar-refractivity contribution in [3.63, 3.8) is 0 Å². The molecule has 9 heterocycles. The third-order valence-electron chi connectivity index (χ3n) is 17.2. The van der Waals surface area contributed by atoms with E-state index in [2.05, 4.69) is 68.0 Å². The van der Waals surface area contributed by atoms with E-state index in [4.69, 9.17) is 4.98 Å². The second-order valence-electron chi connectivity index (χ2n) is 21.9. The lowest BCUT2D eigenvalue weighted by Crippen LogP contribution is -2.53. The van der Waals surface area contributed by atoms with Crippen LogP contribution in [-0.2, 0) is 29.6 Å². The summed E-state index contributed by atoms with van der Waals surface area (Å²) in [7, 11) is 2.02. The molecule has 3 atom stereocenters. The molecule has 12 rings (SSSR count). The highest BCUT2D eigenvalue weighted by atomic mass is 19.1. The minimum absolute atomic E-state index is 0.00200. The zero-order chi connectivity index (χ0) is 51.1. The molecule has 5 aliphatic heterocycles. The maximum Gasteiger partial charge on any atom is 0.330 e. The van der Waals surface area contributed by atoms with Crippen LogP contribution in [0.15, 0.2) is 76.6 Å². The average molecular weight is 1000 g/mol. The van der Waals surface area contributed by atoms with Crippen LogP contribution in [0.5, 0.6) is 0 Å². The van der Waals surface area contributed by atoms with Gasteiger partial charge in [-0.15, -0.1) is 0 Å². The van der Waals surface area contributed by atoms with Gasteiger partial charge in [0.15, 0.2) is 0 Å². The molecule has 4 fully saturated rings. The van der Waals surface area contributed by atoms with Crippen LogP contribution < -0.4 is 21.9 Å². The molecule has 0 radical (unpaired) electrons. The number of benzene rings is 2. The molecule has 0 bridgehead atoms. The summed E-state index contributed by atoms with van der Waals surface area (Å²) in [6.45, 7) is 14.4. The Balaban J connectivity index is 0.642. The van der Waals surface area contributed by atoms with E-state index in [1.54, 1.807) is 15.3 Å². The van der Waals surface area contributed by atoms with E-state index in [0.29, 0.717) is 62.0 Å². The van der Waals surface area contributed by atoms with Crippen LogP contribution in [0.3, 0.4) is 0 Å². The smallest absolute Gasteiger partial charge is 0.330 e. The van der Waals surface area contributed by atoms with Crippen molar-refractivity contribution in [3.8, 4) is 5.69 Å². The first-order chi connectivity index (χ1) is 35.8. The molecule has 2 N–H and O–H groups in total. The fourth-order valence-corrected chi connectivity index (χ4v) is 12.9. The van der Waals surface area contributed by atoms with Crippen LogP contribution in [-0.4, -0.2) is 126 Å². The zero-order valence-corrected chi connectivity index (χ0v) is 42.9. The van der Waals surface area contributed by atoms with Gasteiger partial charge >= 0.3 is 5.69 Å². The number of amides is 3. The summed E-state index contributed by atoms with van der Waals surface area (Å²) in [5.74, 6) is -0.692. The van der Waals surface area contributed by atoms with Gasteiger partial charge in [-0.25, -0.2) is 14.2 Å². The number of piperazine rings is 1. The van der Waals surface area contributed by atoms with E-state index in [1.807, 2.05) is 53.9 Å². The maximum atomic E-state index is 16.2. The molecule has 74 heavy (non-hydrogen) atoms. The molecule has 386 valence electrons. The number of imide groups is 1. The lowest BCUT2D eigenvalue weighted by atomic mass is 9.92. The number of nitrogens with one attached hydrogen (secondary N) is 2. The normalized spacial score (nSPS) is 21.8. The Kier molecular flexibility index (Phi) is 12.5. The number of aromatic nitrogens is 5. The first-order valence-corrected chi connectivity index (χ1v) is 26.8. The first-order valence-electron chi connectivity index (χ1n) is 26.8. The Morgan fingerprint density at radius 1 is 0.892 bits per heavy atom. The van der Waals surface area contributed by atoms with Crippen LogP contribution >= 0.6 is 0 Å². The Morgan fingerprint density at radius 2 is 1.72 bits per heavy atom. The van der Waals surface area contributed by atoms with Gasteiger partial charge in [-0.05, 0) is 131 Å². The van der Waals surface area contributed by atoms with Gasteiger partial charge in [0.05, 0.1) is 16.7 Å². The van der Waals surface area contributed by atoms with Crippen LogP contribution in [0, 0.1) is 18.7 Å². The van der Waals surface area contributed by atoms with E-state index in [9.17, 15) is 24.0 Å². The molecule has 1 aliphatic carbocycles. The fraction of sp³-hybridized carbons (Fsp3) is 0.474. The van der Waals surface area contributed by atoms with Crippen molar-refractivity contribution in [2.24, 2.45) is 13.0 Å². The van der Waals surface area contributed by atoms with E-state index >= 15 is 4.39 Å². The highest BCUT2D eigenvalue weighted by Gasteiger charge is 2.36. The Morgan fingerprint density at radius 3 is 2.46 bits per heavy atom. The Hall–Kier alpha value is -6.69. The number of halogens is 1. The van der Waals surface area contributed by atoms with Crippen LogP contribution in [0.1, 0.15) is 115 Å². The van der Waals surface area contributed by atoms with Gasteiger partial charge in [0.2, 0.25) is 11.8 Å². The molecule has 17 heteroatoms. The van der Waals surface area contributed by atoms with Crippen molar-refractivity contribution in [1.82, 2.24) is 48.2 Å². The van der Waals surface area contributed by atoms with Crippen molar-refractivity contribution >= 4 is 51.0 Å². The number of likely N-dealkylation sites (tertiary alicyclic amines) is 1. The van der Waals surface area contributed by atoms with Crippen LogP contribution in [0.25, 0.3) is 33.3 Å². The van der Waals surface area contributed by atoms with Gasteiger partial charge < -0.3 is 14.8 Å². The molecule has 6 aromatic rings. The summed E-state index contributed by atoms with van der Waals surface area (Å²) in [5, 5.41) is 6.64. The number of imidazole rings is 1. The molecule has 6 aliphatic rings. The van der Waals surface area contributed by atoms with Crippen LogP contribution in [0.4, 0.5) is 10.1 Å². The number of nitrogens with zero attached hydrogens (tertiary/aromatic N) is 9. The molecule has 4 aromatic heterocycles. The molecule has 0 unspecified atom stereocenters. The number of anilines is 1. The number of hydrogen-bond donors (Lipinski definition) is 2. The van der Waals surface area contributed by atoms with E-state index in [1.165, 1.54) is 6.07 Å². The number of fused-ring (bicyclic) bond motifs is 3. The van der Waals surface area contributed by atoms with Gasteiger partial charge in [0, 0.05) is 143 Å². The second kappa shape index (κ2) is 19.2. The summed E-state index contributed by atoms with van der Waals surface area (Å²) in [5.41, 5.74) is 9.75. The summed E-state index contributed by atoms with van der Waals surface area (Å²) in [6, 6.07) is 15.4. The Labute approximate surface area is 429 Å². The van der Waals surface area contributed by atoms with E-state index in [0.717, 1.165) is 133 Å². The Bertz CT molecular complexity index is 3390. The van der Waals surface area contributed by atoms with Crippen molar-refractivity contribution in [2.75, 3.05) is 64.2 Å². The SMILES string of the molecule is Cc1cc(C(=O)N2CCC(CN3CCN(Cc4ccc5c(c4)n(C4CC4)c(=O)n5[C@H]4CCC(=O)NC4=O)C[C@@H]3C)CC2)cc(F)c1C1=CCN([C@@H](C)c2cc3c(-n4ccc5c(c4=O)CCN5)ccnc3n2C)CC1. The molecule has 2 aromatic carbocycles.